The summed E-state index contributed by atoms with van der Waals surface area (Å²) in [4.78, 5) is 0. The van der Waals surface area contributed by atoms with Crippen molar-refractivity contribution in [2.75, 3.05) is 0 Å². The van der Waals surface area contributed by atoms with Crippen LogP contribution in [0.1, 0.15) is 82.8 Å². The molecule has 0 amide bonds. The molecular formula is C20H38O3Si. The molecule has 0 aliphatic heterocycles. The Morgan fingerprint density at radius 3 is 1.96 bits per heavy atom. The van der Waals surface area contributed by atoms with Crippen LogP contribution in [0.5, 0.6) is 0 Å². The molecule has 0 spiro atoms. The van der Waals surface area contributed by atoms with Crippen molar-refractivity contribution in [1.82, 2.24) is 0 Å². The van der Waals surface area contributed by atoms with E-state index in [0.717, 1.165) is 23.8 Å². The number of hydrogen-bond acceptors (Lipinski definition) is 3. The third-order valence-corrected chi connectivity index (χ3v) is 6.41. The number of aliphatic hydroxyl groups excluding tert-OH is 2. The number of furan rings is 1. The lowest BCUT2D eigenvalue weighted by molar-refractivity contribution is 0.0116. The van der Waals surface area contributed by atoms with Crippen LogP contribution in [0.2, 0.25) is 19.6 Å². The molecule has 2 N–H and O–H groups in total. The number of unbranched alkanes of at least 4 members (excludes halogenated alkanes) is 8. The summed E-state index contributed by atoms with van der Waals surface area (Å²) in [6.45, 7) is 8.87. The van der Waals surface area contributed by atoms with E-state index in [-0.39, 0.29) is 0 Å². The Kier molecular flexibility index (Phi) is 9.94. The molecule has 0 aromatic carbocycles. The number of hydrogen-bond donors (Lipinski definition) is 2. The van der Waals surface area contributed by atoms with Gasteiger partial charge in [-0.25, -0.2) is 0 Å². The number of aliphatic hydroxyl groups is 2. The third kappa shape index (κ3) is 7.99. The lowest BCUT2D eigenvalue weighted by Crippen LogP contribution is -2.36. The normalized spacial score (nSPS) is 14.8. The molecule has 4 heteroatoms. The van der Waals surface area contributed by atoms with Gasteiger partial charge in [-0.2, -0.15) is 0 Å². The van der Waals surface area contributed by atoms with Gasteiger partial charge in [-0.05, 0) is 12.5 Å². The van der Waals surface area contributed by atoms with Crippen molar-refractivity contribution in [2.24, 2.45) is 0 Å². The van der Waals surface area contributed by atoms with E-state index >= 15 is 0 Å². The molecule has 0 aliphatic carbocycles. The highest BCUT2D eigenvalue weighted by atomic mass is 28.3. The van der Waals surface area contributed by atoms with Gasteiger partial charge in [0.25, 0.3) is 0 Å². The van der Waals surface area contributed by atoms with Gasteiger partial charge in [-0.1, -0.05) is 84.4 Å². The molecule has 1 rings (SSSR count). The second kappa shape index (κ2) is 11.1. The predicted molar refractivity (Wildman–Crippen MR) is 104 cm³/mol. The zero-order valence-corrected chi connectivity index (χ0v) is 17.2. The van der Waals surface area contributed by atoms with Gasteiger partial charge in [0.2, 0.25) is 0 Å². The largest absolute Gasteiger partial charge is 0.474 e. The van der Waals surface area contributed by atoms with E-state index < -0.39 is 20.3 Å². The average Bonchev–Trinajstić information content (AvgIpc) is 3.02. The molecule has 0 radical (unpaired) electrons. The fraction of sp³-hybridized carbons (Fsp3) is 0.800. The minimum atomic E-state index is -1.51. The van der Waals surface area contributed by atoms with Crippen molar-refractivity contribution in [3.8, 4) is 0 Å². The van der Waals surface area contributed by atoms with Gasteiger partial charge in [0.05, 0.1) is 17.8 Å². The van der Waals surface area contributed by atoms with Crippen LogP contribution in [-0.4, -0.2) is 24.4 Å². The predicted octanol–water partition coefficient (Wildman–Crippen LogP) is 5.14. The summed E-state index contributed by atoms with van der Waals surface area (Å²) in [5.41, 5.74) is 0.718. The zero-order chi connectivity index (χ0) is 18.0. The standard InChI is InChI=1S/C20H38O3Si/c1-5-6-7-8-9-10-11-12-13-14-18(21)20(22)17-15-19(23-16-17)24(2,3)4/h15-16,18,20-22H,5-14H2,1-4H3. The summed E-state index contributed by atoms with van der Waals surface area (Å²) in [5, 5.41) is 21.5. The Hall–Kier alpha value is -0.583. The Morgan fingerprint density at radius 1 is 0.917 bits per heavy atom. The summed E-state index contributed by atoms with van der Waals surface area (Å²) in [6.07, 6.45) is 12.1. The summed E-state index contributed by atoms with van der Waals surface area (Å²) in [5.74, 6) is 0. The van der Waals surface area contributed by atoms with Crippen LogP contribution in [0, 0.1) is 0 Å². The van der Waals surface area contributed by atoms with Crippen molar-refractivity contribution in [3.63, 3.8) is 0 Å². The lowest BCUT2D eigenvalue weighted by atomic mass is 10.0. The minimum absolute atomic E-state index is 0.657. The van der Waals surface area contributed by atoms with Crippen LogP contribution >= 0.6 is 0 Å². The molecule has 0 fully saturated rings. The molecule has 0 aliphatic rings. The van der Waals surface area contributed by atoms with Crippen molar-refractivity contribution in [2.45, 2.75) is 103 Å². The molecule has 140 valence electrons. The van der Waals surface area contributed by atoms with Crippen molar-refractivity contribution in [3.05, 3.63) is 17.9 Å². The highest BCUT2D eigenvalue weighted by molar-refractivity contribution is 6.87. The molecule has 0 saturated heterocycles. The van der Waals surface area contributed by atoms with Crippen molar-refractivity contribution >= 4 is 13.5 Å². The highest BCUT2D eigenvalue weighted by Gasteiger charge is 2.25. The van der Waals surface area contributed by atoms with E-state index in [1.807, 2.05) is 6.07 Å². The van der Waals surface area contributed by atoms with Crippen LogP contribution in [0.3, 0.4) is 0 Å². The maximum atomic E-state index is 10.3. The van der Waals surface area contributed by atoms with E-state index in [1.165, 1.54) is 44.9 Å². The van der Waals surface area contributed by atoms with Gasteiger partial charge in [0.1, 0.15) is 14.2 Å². The molecule has 3 nitrogen and oxygen atoms in total. The molecule has 1 aromatic heterocycles. The van der Waals surface area contributed by atoms with E-state index in [4.69, 9.17) is 4.42 Å². The van der Waals surface area contributed by atoms with E-state index in [2.05, 4.69) is 26.6 Å². The molecule has 0 saturated carbocycles. The third-order valence-electron chi connectivity index (χ3n) is 4.67. The lowest BCUT2D eigenvalue weighted by Gasteiger charge is -2.16. The maximum absolute atomic E-state index is 10.3. The van der Waals surface area contributed by atoms with Gasteiger partial charge in [0, 0.05) is 5.56 Å². The Balaban J connectivity index is 2.18. The fourth-order valence-electron chi connectivity index (χ4n) is 2.94. The fourth-order valence-corrected chi connectivity index (χ4v) is 3.96. The Labute approximate surface area is 149 Å². The van der Waals surface area contributed by atoms with Gasteiger partial charge < -0.3 is 14.6 Å². The van der Waals surface area contributed by atoms with Gasteiger partial charge >= 0.3 is 0 Å². The first-order valence-corrected chi connectivity index (χ1v) is 13.3. The summed E-state index contributed by atoms with van der Waals surface area (Å²) in [7, 11) is -1.51. The molecule has 2 unspecified atom stereocenters. The van der Waals surface area contributed by atoms with E-state index in [1.54, 1.807) is 6.26 Å². The first-order valence-electron chi connectivity index (χ1n) is 9.81. The second-order valence-corrected chi connectivity index (χ2v) is 13.1. The van der Waals surface area contributed by atoms with Crippen LogP contribution in [-0.2, 0) is 0 Å². The van der Waals surface area contributed by atoms with Gasteiger partial charge in [-0.3, -0.25) is 0 Å². The van der Waals surface area contributed by atoms with Crippen LogP contribution in [0.15, 0.2) is 16.7 Å². The summed E-state index contributed by atoms with van der Waals surface area (Å²) < 4.78 is 5.59. The Bertz CT molecular complexity index is 436. The quantitative estimate of drug-likeness (QED) is 0.381. The molecule has 0 bridgehead atoms. The molecule has 24 heavy (non-hydrogen) atoms. The summed E-state index contributed by atoms with van der Waals surface area (Å²) in [6, 6.07) is 1.93. The van der Waals surface area contributed by atoms with Gasteiger partial charge in [-0.15, -0.1) is 0 Å². The molecular weight excluding hydrogens is 316 g/mol. The summed E-state index contributed by atoms with van der Waals surface area (Å²) >= 11 is 0. The molecule has 1 aromatic rings. The SMILES string of the molecule is CCCCCCCCCCCC(O)C(O)c1coc([Si](C)(C)C)c1. The van der Waals surface area contributed by atoms with Crippen LogP contribution in [0.25, 0.3) is 0 Å². The van der Waals surface area contributed by atoms with E-state index in [9.17, 15) is 10.2 Å². The van der Waals surface area contributed by atoms with Crippen molar-refractivity contribution in [1.29, 1.82) is 0 Å². The second-order valence-electron chi connectivity index (χ2n) is 8.12. The maximum Gasteiger partial charge on any atom is 0.123 e. The molecule has 1 heterocycles. The van der Waals surface area contributed by atoms with Crippen LogP contribution < -0.4 is 5.38 Å². The smallest absolute Gasteiger partial charge is 0.123 e. The van der Waals surface area contributed by atoms with Crippen LogP contribution in [0.4, 0.5) is 0 Å². The zero-order valence-electron chi connectivity index (χ0n) is 16.2. The first kappa shape index (κ1) is 21.5. The minimum Gasteiger partial charge on any atom is -0.474 e. The van der Waals surface area contributed by atoms with Crippen molar-refractivity contribution < 1.29 is 14.6 Å². The Morgan fingerprint density at radius 2 is 1.46 bits per heavy atom. The first-order chi connectivity index (χ1) is 11.4. The van der Waals surface area contributed by atoms with E-state index in [0.29, 0.717) is 6.42 Å². The monoisotopic (exact) mass is 354 g/mol. The number of rotatable bonds is 13. The average molecular weight is 355 g/mol. The van der Waals surface area contributed by atoms with Gasteiger partial charge in [0.15, 0.2) is 0 Å². The highest BCUT2D eigenvalue weighted by Crippen LogP contribution is 2.22. The molecule has 2 atom stereocenters. The topological polar surface area (TPSA) is 53.6 Å².